The first-order chi connectivity index (χ1) is 13.7. The van der Waals surface area contributed by atoms with Gasteiger partial charge in [-0.2, -0.15) is 4.90 Å². The average Bonchev–Trinajstić information content (AvgIpc) is 2.53. The number of pyridine rings is 1. The van der Waals surface area contributed by atoms with Crippen LogP contribution in [0, 0.1) is 0 Å². The molecule has 0 aromatic carbocycles. The second-order valence-electron chi connectivity index (χ2n) is 8.43. The highest BCUT2D eigenvalue weighted by molar-refractivity contribution is 7.53. The van der Waals surface area contributed by atoms with Crippen LogP contribution in [-0.4, -0.2) is 41.6 Å². The van der Waals surface area contributed by atoms with Gasteiger partial charge in [0.05, 0.1) is 19.4 Å². The third-order valence-electron chi connectivity index (χ3n) is 3.22. The van der Waals surface area contributed by atoms with E-state index in [9.17, 15) is 14.2 Å². The SMILES string of the molecule is CCOP(=O)(Cc1ccc(N(C(=O)OC(C)(C)C)C(=O)OC(C)(C)C)nc1)OCC. The maximum Gasteiger partial charge on any atom is 0.425 e. The Morgan fingerprint density at radius 1 is 0.933 bits per heavy atom. The van der Waals surface area contributed by atoms with E-state index >= 15 is 0 Å². The van der Waals surface area contributed by atoms with E-state index in [0.717, 1.165) is 4.90 Å². The summed E-state index contributed by atoms with van der Waals surface area (Å²) in [5.41, 5.74) is -1.07. The van der Waals surface area contributed by atoms with Crippen molar-refractivity contribution in [2.75, 3.05) is 18.1 Å². The van der Waals surface area contributed by atoms with E-state index in [1.54, 1.807) is 61.5 Å². The Bertz CT molecular complexity index is 729. The number of aromatic nitrogens is 1. The second-order valence-corrected chi connectivity index (χ2v) is 10.5. The molecule has 0 bridgehead atoms. The molecule has 0 spiro atoms. The zero-order valence-corrected chi connectivity index (χ0v) is 19.9. The molecule has 0 atom stereocenters. The molecule has 9 nitrogen and oxygen atoms in total. The summed E-state index contributed by atoms with van der Waals surface area (Å²) in [6.45, 7) is 14.1. The van der Waals surface area contributed by atoms with Crippen LogP contribution in [0.5, 0.6) is 0 Å². The molecule has 0 aliphatic rings. The molecule has 0 unspecified atom stereocenters. The van der Waals surface area contributed by atoms with Crippen LogP contribution in [0.3, 0.4) is 0 Å². The Morgan fingerprint density at radius 3 is 1.73 bits per heavy atom. The Morgan fingerprint density at radius 2 is 1.40 bits per heavy atom. The number of amides is 2. The lowest BCUT2D eigenvalue weighted by Gasteiger charge is -2.28. The summed E-state index contributed by atoms with van der Waals surface area (Å²) in [5.74, 6) is 0.0184. The zero-order valence-electron chi connectivity index (χ0n) is 19.1. The molecule has 10 heteroatoms. The standard InChI is InChI=1S/C20H33N2O7P/c1-9-26-30(25,27-10-2)14-15-11-12-16(21-13-15)22(17(23)28-19(3,4)5)18(24)29-20(6,7)8/h11-13H,9-10,14H2,1-8H3. The van der Waals surface area contributed by atoms with E-state index in [-0.39, 0.29) is 25.2 Å². The highest BCUT2D eigenvalue weighted by atomic mass is 31.2. The Balaban J connectivity index is 3.17. The van der Waals surface area contributed by atoms with Crippen molar-refractivity contribution >= 4 is 25.6 Å². The van der Waals surface area contributed by atoms with Crippen LogP contribution in [0.15, 0.2) is 18.3 Å². The maximum atomic E-state index is 12.7. The van der Waals surface area contributed by atoms with Gasteiger partial charge in [-0.1, -0.05) is 6.07 Å². The monoisotopic (exact) mass is 444 g/mol. The van der Waals surface area contributed by atoms with Crippen molar-refractivity contribution in [2.45, 2.75) is 72.8 Å². The molecule has 0 radical (unpaired) electrons. The van der Waals surface area contributed by atoms with Crippen LogP contribution in [0.2, 0.25) is 0 Å². The first-order valence-electron chi connectivity index (χ1n) is 9.79. The van der Waals surface area contributed by atoms with Crippen LogP contribution in [0.4, 0.5) is 15.4 Å². The molecule has 0 aliphatic carbocycles. The molecule has 0 saturated heterocycles. The van der Waals surface area contributed by atoms with Crippen molar-refractivity contribution in [2.24, 2.45) is 0 Å². The number of rotatable bonds is 7. The smallest absolute Gasteiger partial charge is 0.425 e. The van der Waals surface area contributed by atoms with Crippen LogP contribution in [0.1, 0.15) is 61.0 Å². The average molecular weight is 444 g/mol. The van der Waals surface area contributed by atoms with E-state index in [0.29, 0.717) is 5.56 Å². The molecule has 1 rings (SSSR count). The van der Waals surface area contributed by atoms with Crippen molar-refractivity contribution < 1.29 is 32.7 Å². The van der Waals surface area contributed by atoms with E-state index < -0.39 is 31.0 Å². The topological polar surface area (TPSA) is 104 Å². The van der Waals surface area contributed by atoms with E-state index in [2.05, 4.69) is 4.98 Å². The number of ether oxygens (including phenoxy) is 2. The van der Waals surface area contributed by atoms with E-state index in [4.69, 9.17) is 18.5 Å². The van der Waals surface area contributed by atoms with Crippen molar-refractivity contribution in [3.8, 4) is 0 Å². The van der Waals surface area contributed by atoms with E-state index in [1.807, 2.05) is 0 Å². The van der Waals surface area contributed by atoms with Crippen molar-refractivity contribution in [1.82, 2.24) is 4.98 Å². The van der Waals surface area contributed by atoms with Crippen molar-refractivity contribution in [3.05, 3.63) is 23.9 Å². The molecule has 0 saturated carbocycles. The van der Waals surface area contributed by atoms with Gasteiger partial charge in [-0.3, -0.25) is 4.57 Å². The largest absolute Gasteiger partial charge is 0.443 e. The van der Waals surface area contributed by atoms with Crippen LogP contribution in [0.25, 0.3) is 0 Å². The number of nitrogens with zero attached hydrogens (tertiary/aromatic N) is 2. The highest BCUT2D eigenvalue weighted by Gasteiger charge is 2.33. The molecule has 1 aromatic heterocycles. The minimum Gasteiger partial charge on any atom is -0.443 e. The van der Waals surface area contributed by atoms with Gasteiger partial charge in [-0.15, -0.1) is 0 Å². The summed E-state index contributed by atoms with van der Waals surface area (Å²) in [6.07, 6.45) is -0.402. The lowest BCUT2D eigenvalue weighted by atomic mass is 10.2. The third-order valence-corrected chi connectivity index (χ3v) is 5.27. The third kappa shape index (κ3) is 8.81. The van der Waals surface area contributed by atoms with Crippen LogP contribution in [-0.2, 0) is 29.2 Å². The first kappa shape index (κ1) is 26.1. The number of hydrogen-bond acceptors (Lipinski definition) is 8. The summed E-state index contributed by atoms with van der Waals surface area (Å²) in [4.78, 5) is 30.2. The normalized spacial score (nSPS) is 12.4. The van der Waals surface area contributed by atoms with Gasteiger partial charge in [0.1, 0.15) is 17.0 Å². The summed E-state index contributed by atoms with van der Waals surface area (Å²) in [6, 6.07) is 3.04. The highest BCUT2D eigenvalue weighted by Crippen LogP contribution is 2.51. The van der Waals surface area contributed by atoms with Crippen molar-refractivity contribution in [1.29, 1.82) is 0 Å². The number of imide groups is 1. The fourth-order valence-electron chi connectivity index (χ4n) is 2.26. The molecule has 170 valence electrons. The summed E-state index contributed by atoms with van der Waals surface area (Å²) in [5, 5.41) is 0. The molecule has 0 N–H and O–H groups in total. The second kappa shape index (κ2) is 10.4. The first-order valence-corrected chi connectivity index (χ1v) is 11.5. The summed E-state index contributed by atoms with van der Waals surface area (Å²) < 4.78 is 33.9. The van der Waals surface area contributed by atoms with E-state index in [1.165, 1.54) is 12.3 Å². The quantitative estimate of drug-likeness (QED) is 0.506. The van der Waals surface area contributed by atoms with Gasteiger partial charge in [-0.25, -0.2) is 14.6 Å². The molecule has 0 fully saturated rings. The Hall–Kier alpha value is -1.96. The molecule has 30 heavy (non-hydrogen) atoms. The van der Waals surface area contributed by atoms with Gasteiger partial charge in [0.2, 0.25) is 0 Å². The van der Waals surface area contributed by atoms with Crippen LogP contribution >= 0.6 is 7.60 Å². The lowest BCUT2D eigenvalue weighted by molar-refractivity contribution is 0.0429. The predicted molar refractivity (Wildman–Crippen MR) is 114 cm³/mol. The van der Waals surface area contributed by atoms with Crippen LogP contribution < -0.4 is 4.90 Å². The lowest BCUT2D eigenvalue weighted by Crippen LogP contribution is -2.44. The van der Waals surface area contributed by atoms with Gasteiger partial charge in [-0.05, 0) is 67.0 Å². The van der Waals surface area contributed by atoms with Gasteiger partial charge >= 0.3 is 19.8 Å². The number of anilines is 1. The van der Waals surface area contributed by atoms with Gasteiger partial charge < -0.3 is 18.5 Å². The fraction of sp³-hybridized carbons (Fsp3) is 0.650. The fourth-order valence-corrected chi connectivity index (χ4v) is 3.94. The van der Waals surface area contributed by atoms with Gasteiger partial charge in [0.25, 0.3) is 0 Å². The summed E-state index contributed by atoms with van der Waals surface area (Å²) in [7, 11) is -3.31. The van der Waals surface area contributed by atoms with Gasteiger partial charge in [0, 0.05) is 6.20 Å². The molecule has 2 amide bonds. The van der Waals surface area contributed by atoms with Crippen molar-refractivity contribution in [3.63, 3.8) is 0 Å². The molecule has 0 aliphatic heterocycles. The molecular formula is C20H33N2O7P. The molecule has 1 heterocycles. The molecule has 1 aromatic rings. The van der Waals surface area contributed by atoms with Gasteiger partial charge in [0.15, 0.2) is 0 Å². The zero-order chi connectivity index (χ0) is 23.2. The summed E-state index contributed by atoms with van der Waals surface area (Å²) >= 11 is 0. The molecular weight excluding hydrogens is 411 g/mol. The number of carbonyl (C=O) groups is 2. The minimum absolute atomic E-state index is 0.0147. The number of hydrogen-bond donors (Lipinski definition) is 0. The Labute approximate surface area is 178 Å². The minimum atomic E-state index is -3.31. The number of carbonyl (C=O) groups excluding carboxylic acids is 2. The predicted octanol–water partition coefficient (Wildman–Crippen LogP) is 5.52. The Kier molecular flexibility index (Phi) is 9.02. The maximum absolute atomic E-state index is 12.7.